The largest absolute Gasteiger partial charge is 0.478 e. The monoisotopic (exact) mass is 288 g/mol. The summed E-state index contributed by atoms with van der Waals surface area (Å²) in [7, 11) is 1.71. The van der Waals surface area contributed by atoms with Crippen molar-refractivity contribution in [3.8, 4) is 0 Å². The van der Waals surface area contributed by atoms with E-state index in [1.54, 1.807) is 36.2 Å². The van der Waals surface area contributed by atoms with Gasteiger partial charge in [-0.1, -0.05) is 12.1 Å². The average Bonchev–Trinajstić information content (AvgIpc) is 2.77. The van der Waals surface area contributed by atoms with E-state index < -0.39 is 12.0 Å². The number of carboxylic acid groups (broad SMARTS) is 1. The van der Waals surface area contributed by atoms with Crippen molar-refractivity contribution in [2.45, 2.75) is 12.5 Å². The standard InChI is InChI=1S/C15H16N2O4/c1-17-9-8-12(15(17)21)16-14(20)11-5-2-10(3-6-11)4-7-13(18)19/h2-7,12H,8-9H2,1H3,(H,16,20)(H,18,19)/b7-4+. The van der Waals surface area contributed by atoms with Crippen LogP contribution in [0.5, 0.6) is 0 Å². The Morgan fingerprint density at radius 1 is 1.33 bits per heavy atom. The second kappa shape index (κ2) is 6.21. The van der Waals surface area contributed by atoms with E-state index in [4.69, 9.17) is 5.11 Å². The van der Waals surface area contributed by atoms with Crippen LogP contribution in [0.1, 0.15) is 22.3 Å². The molecular formula is C15H16N2O4. The number of amides is 2. The summed E-state index contributed by atoms with van der Waals surface area (Å²) in [6.07, 6.45) is 3.09. The maximum absolute atomic E-state index is 12.0. The first-order valence-corrected chi connectivity index (χ1v) is 6.54. The van der Waals surface area contributed by atoms with Crippen LogP contribution in [0, 0.1) is 0 Å². The van der Waals surface area contributed by atoms with E-state index in [-0.39, 0.29) is 11.8 Å². The Hall–Kier alpha value is -2.63. The molecule has 1 unspecified atom stereocenters. The summed E-state index contributed by atoms with van der Waals surface area (Å²) in [5.41, 5.74) is 1.12. The molecule has 6 heteroatoms. The Morgan fingerprint density at radius 2 is 2.00 bits per heavy atom. The number of nitrogens with zero attached hydrogens (tertiary/aromatic N) is 1. The molecule has 0 saturated carbocycles. The molecule has 110 valence electrons. The van der Waals surface area contributed by atoms with Crippen LogP contribution in [-0.4, -0.2) is 47.4 Å². The van der Waals surface area contributed by atoms with Gasteiger partial charge < -0.3 is 15.3 Å². The van der Waals surface area contributed by atoms with Crippen LogP contribution < -0.4 is 5.32 Å². The molecule has 21 heavy (non-hydrogen) atoms. The number of likely N-dealkylation sites (N-methyl/N-ethyl adjacent to an activating group) is 1. The lowest BCUT2D eigenvalue weighted by Crippen LogP contribution is -2.40. The van der Waals surface area contributed by atoms with Gasteiger partial charge in [0.15, 0.2) is 0 Å². The van der Waals surface area contributed by atoms with Crippen LogP contribution in [0.25, 0.3) is 6.08 Å². The van der Waals surface area contributed by atoms with Crippen LogP contribution in [0.15, 0.2) is 30.3 Å². The molecule has 1 aliphatic heterocycles. The minimum atomic E-state index is -1.03. The molecule has 1 saturated heterocycles. The van der Waals surface area contributed by atoms with Gasteiger partial charge in [0.25, 0.3) is 5.91 Å². The zero-order valence-corrected chi connectivity index (χ0v) is 11.6. The molecule has 0 bridgehead atoms. The van der Waals surface area contributed by atoms with Gasteiger partial charge in [-0.25, -0.2) is 4.79 Å². The Bertz CT molecular complexity index is 592. The molecule has 2 amide bonds. The zero-order valence-electron chi connectivity index (χ0n) is 11.6. The number of benzene rings is 1. The van der Waals surface area contributed by atoms with E-state index in [1.807, 2.05) is 0 Å². The molecule has 0 aliphatic carbocycles. The topological polar surface area (TPSA) is 86.7 Å². The molecule has 1 aromatic carbocycles. The predicted octanol–water partition coefficient (Wildman–Crippen LogP) is 0.745. The van der Waals surface area contributed by atoms with Gasteiger partial charge in [-0.15, -0.1) is 0 Å². The average molecular weight is 288 g/mol. The van der Waals surface area contributed by atoms with Crippen LogP contribution in [0.3, 0.4) is 0 Å². The SMILES string of the molecule is CN1CCC(NC(=O)c2ccc(/C=C/C(=O)O)cc2)C1=O. The van der Waals surface area contributed by atoms with Gasteiger partial charge >= 0.3 is 5.97 Å². The molecular weight excluding hydrogens is 272 g/mol. The van der Waals surface area contributed by atoms with Crippen molar-refractivity contribution in [3.05, 3.63) is 41.5 Å². The van der Waals surface area contributed by atoms with E-state index in [1.165, 1.54) is 6.08 Å². The van der Waals surface area contributed by atoms with Gasteiger partial charge in [0, 0.05) is 25.2 Å². The molecule has 2 rings (SSSR count). The Morgan fingerprint density at radius 3 is 2.52 bits per heavy atom. The summed E-state index contributed by atoms with van der Waals surface area (Å²) in [5.74, 6) is -1.41. The number of hydrogen-bond donors (Lipinski definition) is 2. The third-order valence-electron chi connectivity index (χ3n) is 3.32. The minimum Gasteiger partial charge on any atom is -0.478 e. The molecule has 0 radical (unpaired) electrons. The predicted molar refractivity (Wildman–Crippen MR) is 76.6 cm³/mol. The van der Waals surface area contributed by atoms with Crippen molar-refractivity contribution in [2.24, 2.45) is 0 Å². The molecule has 1 atom stereocenters. The van der Waals surface area contributed by atoms with E-state index >= 15 is 0 Å². The lowest BCUT2D eigenvalue weighted by Gasteiger charge is -2.12. The summed E-state index contributed by atoms with van der Waals surface area (Å²) < 4.78 is 0. The Balaban J connectivity index is 2.00. The normalized spacial score (nSPS) is 18.2. The van der Waals surface area contributed by atoms with E-state index in [0.717, 1.165) is 6.08 Å². The lowest BCUT2D eigenvalue weighted by atomic mass is 10.1. The summed E-state index contributed by atoms with van der Waals surface area (Å²) in [6.45, 7) is 0.642. The Kier molecular flexibility index (Phi) is 4.37. The second-order valence-electron chi connectivity index (χ2n) is 4.87. The van der Waals surface area contributed by atoms with Crippen LogP contribution in [0.4, 0.5) is 0 Å². The van der Waals surface area contributed by atoms with Crippen molar-refractivity contribution in [3.63, 3.8) is 0 Å². The molecule has 6 nitrogen and oxygen atoms in total. The number of likely N-dealkylation sites (tertiary alicyclic amines) is 1. The fourth-order valence-corrected chi connectivity index (χ4v) is 2.11. The van der Waals surface area contributed by atoms with E-state index in [9.17, 15) is 14.4 Å². The molecule has 1 fully saturated rings. The van der Waals surface area contributed by atoms with Crippen LogP contribution in [-0.2, 0) is 9.59 Å². The third-order valence-corrected chi connectivity index (χ3v) is 3.32. The summed E-state index contributed by atoms with van der Waals surface area (Å²) in [6, 6.07) is 6.03. The second-order valence-corrected chi connectivity index (χ2v) is 4.87. The molecule has 1 aromatic rings. The first-order chi connectivity index (χ1) is 9.97. The fourth-order valence-electron chi connectivity index (χ4n) is 2.11. The van der Waals surface area contributed by atoms with Gasteiger partial charge in [-0.2, -0.15) is 0 Å². The van der Waals surface area contributed by atoms with Crippen molar-refractivity contribution >= 4 is 23.9 Å². The van der Waals surface area contributed by atoms with Crippen molar-refractivity contribution < 1.29 is 19.5 Å². The van der Waals surface area contributed by atoms with Gasteiger partial charge in [-0.05, 0) is 30.2 Å². The van der Waals surface area contributed by atoms with Gasteiger partial charge in [0.05, 0.1) is 0 Å². The lowest BCUT2D eigenvalue weighted by molar-refractivity contribution is -0.131. The molecule has 0 aromatic heterocycles. The molecule has 2 N–H and O–H groups in total. The van der Waals surface area contributed by atoms with Crippen LogP contribution in [0.2, 0.25) is 0 Å². The van der Waals surface area contributed by atoms with E-state index in [0.29, 0.717) is 24.1 Å². The van der Waals surface area contributed by atoms with Crippen molar-refractivity contribution in [1.29, 1.82) is 0 Å². The van der Waals surface area contributed by atoms with Crippen molar-refractivity contribution in [1.82, 2.24) is 10.2 Å². The number of nitrogens with one attached hydrogen (secondary N) is 1. The summed E-state index contributed by atoms with van der Waals surface area (Å²) >= 11 is 0. The number of carboxylic acids is 1. The highest BCUT2D eigenvalue weighted by atomic mass is 16.4. The molecule has 1 heterocycles. The highest BCUT2D eigenvalue weighted by molar-refractivity contribution is 5.98. The quantitative estimate of drug-likeness (QED) is 0.800. The van der Waals surface area contributed by atoms with Gasteiger partial charge in [0.2, 0.25) is 5.91 Å². The van der Waals surface area contributed by atoms with Gasteiger partial charge in [-0.3, -0.25) is 9.59 Å². The highest BCUT2D eigenvalue weighted by Crippen LogP contribution is 2.11. The van der Waals surface area contributed by atoms with Gasteiger partial charge in [0.1, 0.15) is 6.04 Å². The number of rotatable bonds is 4. The number of carbonyl (C=O) groups is 3. The number of carbonyl (C=O) groups excluding carboxylic acids is 2. The smallest absolute Gasteiger partial charge is 0.328 e. The van der Waals surface area contributed by atoms with Crippen LogP contribution >= 0.6 is 0 Å². The highest BCUT2D eigenvalue weighted by Gasteiger charge is 2.30. The third kappa shape index (κ3) is 3.68. The van der Waals surface area contributed by atoms with E-state index in [2.05, 4.69) is 5.32 Å². The fraction of sp³-hybridized carbons (Fsp3) is 0.267. The zero-order chi connectivity index (χ0) is 15.4. The molecule has 1 aliphatic rings. The maximum atomic E-state index is 12.0. The molecule has 0 spiro atoms. The number of hydrogen-bond acceptors (Lipinski definition) is 3. The van der Waals surface area contributed by atoms with Crippen molar-refractivity contribution in [2.75, 3.05) is 13.6 Å². The minimum absolute atomic E-state index is 0.0793. The summed E-state index contributed by atoms with van der Waals surface area (Å²) in [5, 5.41) is 11.2. The summed E-state index contributed by atoms with van der Waals surface area (Å²) in [4.78, 5) is 35.8. The maximum Gasteiger partial charge on any atom is 0.328 e. The Labute approximate surface area is 122 Å². The number of aliphatic carboxylic acids is 1. The first-order valence-electron chi connectivity index (χ1n) is 6.54. The first kappa shape index (κ1) is 14.8.